The van der Waals surface area contributed by atoms with Gasteiger partial charge in [-0.3, -0.25) is 0 Å². The number of ether oxygens (including phenoxy) is 2. The van der Waals surface area contributed by atoms with Crippen molar-refractivity contribution in [3.05, 3.63) is 52.0 Å². The summed E-state index contributed by atoms with van der Waals surface area (Å²) in [5.41, 5.74) is 2.13. The Morgan fingerprint density at radius 2 is 1.76 bits per heavy atom. The Morgan fingerprint density at radius 3 is 2.38 bits per heavy atom. The lowest BCUT2D eigenvalue weighted by Crippen LogP contribution is -2.03. The highest BCUT2D eigenvalue weighted by atomic mass is 35.5. The van der Waals surface area contributed by atoms with E-state index in [1.54, 1.807) is 44.6 Å². The average molecular weight is 447 g/mol. The van der Waals surface area contributed by atoms with E-state index in [9.17, 15) is 5.26 Å². The van der Waals surface area contributed by atoms with Gasteiger partial charge in [0.15, 0.2) is 22.5 Å². The molecule has 0 aliphatic rings. The van der Waals surface area contributed by atoms with Crippen molar-refractivity contribution in [2.24, 2.45) is 0 Å². The fraction of sp³-hybridized carbons (Fsp3) is 0.150. The van der Waals surface area contributed by atoms with Gasteiger partial charge < -0.3 is 14.8 Å². The lowest BCUT2D eigenvalue weighted by Gasteiger charge is -2.14. The molecule has 148 valence electrons. The molecule has 0 atom stereocenters. The molecule has 3 aromatic rings. The van der Waals surface area contributed by atoms with Crippen LogP contribution in [0.2, 0.25) is 10.0 Å². The molecule has 0 amide bonds. The molecule has 0 fully saturated rings. The molecule has 0 aliphatic carbocycles. The van der Waals surface area contributed by atoms with Gasteiger partial charge in [-0.2, -0.15) is 5.26 Å². The summed E-state index contributed by atoms with van der Waals surface area (Å²) in [6.07, 6.45) is 1.86. The van der Waals surface area contributed by atoms with Gasteiger partial charge in [0, 0.05) is 11.3 Å². The molecular formula is C20H16Cl2N4O2S. The van der Waals surface area contributed by atoms with Crippen molar-refractivity contribution in [2.45, 2.75) is 5.16 Å². The second kappa shape index (κ2) is 9.23. The van der Waals surface area contributed by atoms with E-state index in [-0.39, 0.29) is 0 Å². The third-order valence-corrected chi connectivity index (χ3v) is 5.31. The maximum atomic E-state index is 9.85. The van der Waals surface area contributed by atoms with Crippen LogP contribution in [0.1, 0.15) is 5.56 Å². The number of rotatable bonds is 6. The SMILES string of the molecule is COc1ccc(-c2nc(SC)nc(Nc3ccc(Cl)c(Cl)c3)c2C#N)cc1OC. The number of anilines is 2. The summed E-state index contributed by atoms with van der Waals surface area (Å²) in [6, 6.07) is 12.7. The van der Waals surface area contributed by atoms with Crippen LogP contribution in [0.4, 0.5) is 11.5 Å². The number of benzene rings is 2. The molecule has 1 heterocycles. The number of thioether (sulfide) groups is 1. The molecule has 0 radical (unpaired) electrons. The molecule has 1 aromatic heterocycles. The summed E-state index contributed by atoms with van der Waals surface area (Å²) in [4.78, 5) is 9.00. The van der Waals surface area contributed by atoms with Crippen molar-refractivity contribution in [3.63, 3.8) is 0 Å². The Labute approximate surface area is 182 Å². The molecule has 2 aromatic carbocycles. The molecule has 0 bridgehead atoms. The maximum Gasteiger partial charge on any atom is 0.189 e. The number of aromatic nitrogens is 2. The van der Waals surface area contributed by atoms with Gasteiger partial charge in [-0.1, -0.05) is 35.0 Å². The van der Waals surface area contributed by atoms with Gasteiger partial charge >= 0.3 is 0 Å². The molecule has 0 saturated carbocycles. The van der Waals surface area contributed by atoms with Crippen LogP contribution in [0.5, 0.6) is 11.5 Å². The first-order valence-corrected chi connectivity index (χ1v) is 10.3. The average Bonchev–Trinajstić information content (AvgIpc) is 2.75. The van der Waals surface area contributed by atoms with Crippen molar-refractivity contribution in [3.8, 4) is 28.8 Å². The van der Waals surface area contributed by atoms with Gasteiger partial charge in [-0.05, 0) is 42.7 Å². The van der Waals surface area contributed by atoms with Crippen molar-refractivity contribution in [2.75, 3.05) is 25.8 Å². The number of hydrogen-bond acceptors (Lipinski definition) is 7. The van der Waals surface area contributed by atoms with Crippen LogP contribution in [0.25, 0.3) is 11.3 Å². The van der Waals surface area contributed by atoms with E-state index in [0.717, 1.165) is 0 Å². The Hall–Kier alpha value is -2.66. The van der Waals surface area contributed by atoms with Crippen molar-refractivity contribution >= 4 is 46.5 Å². The molecule has 3 rings (SSSR count). The zero-order chi connectivity index (χ0) is 21.0. The molecule has 1 N–H and O–H groups in total. The molecule has 0 aliphatic heterocycles. The molecule has 0 saturated heterocycles. The molecule has 9 heteroatoms. The molecule has 0 unspecified atom stereocenters. The summed E-state index contributed by atoms with van der Waals surface area (Å²) in [5, 5.41) is 14.3. The smallest absolute Gasteiger partial charge is 0.189 e. The van der Waals surface area contributed by atoms with Gasteiger partial charge in [0.2, 0.25) is 0 Å². The fourth-order valence-electron chi connectivity index (χ4n) is 2.63. The highest BCUT2D eigenvalue weighted by Gasteiger charge is 2.18. The zero-order valence-electron chi connectivity index (χ0n) is 15.8. The standard InChI is InChI=1S/C20H16Cl2N4O2S/c1-27-16-7-4-11(8-17(16)28-2)18-13(10-23)19(26-20(25-18)29-3)24-12-5-6-14(21)15(22)9-12/h4-9H,1-3H3,(H,24,25,26). The Morgan fingerprint density at radius 1 is 1.00 bits per heavy atom. The van der Waals surface area contributed by atoms with Crippen LogP contribution in [-0.4, -0.2) is 30.4 Å². The first kappa shape index (κ1) is 21.1. The molecular weight excluding hydrogens is 431 g/mol. The fourth-order valence-corrected chi connectivity index (χ4v) is 3.29. The summed E-state index contributed by atoms with van der Waals surface area (Å²) in [7, 11) is 3.12. The lowest BCUT2D eigenvalue weighted by molar-refractivity contribution is 0.355. The van der Waals surface area contributed by atoms with E-state index >= 15 is 0 Å². The number of methoxy groups -OCH3 is 2. The summed E-state index contributed by atoms with van der Waals surface area (Å²) in [6.45, 7) is 0. The largest absolute Gasteiger partial charge is 0.493 e. The lowest BCUT2D eigenvalue weighted by atomic mass is 10.1. The Kier molecular flexibility index (Phi) is 6.70. The predicted octanol–water partition coefficient (Wildman–Crippen LogP) is 5.80. The topological polar surface area (TPSA) is 80.1 Å². The molecule has 0 spiro atoms. The van der Waals surface area contributed by atoms with Crippen molar-refractivity contribution in [1.82, 2.24) is 9.97 Å². The maximum absolute atomic E-state index is 9.85. The first-order chi connectivity index (χ1) is 14.0. The number of nitrogens with zero attached hydrogens (tertiary/aromatic N) is 3. The van der Waals surface area contributed by atoms with Crippen LogP contribution < -0.4 is 14.8 Å². The van der Waals surface area contributed by atoms with E-state index in [2.05, 4.69) is 21.4 Å². The Balaban J connectivity index is 2.14. The highest BCUT2D eigenvalue weighted by Crippen LogP contribution is 2.36. The third-order valence-electron chi connectivity index (χ3n) is 4.02. The van der Waals surface area contributed by atoms with Crippen LogP contribution in [-0.2, 0) is 0 Å². The predicted molar refractivity (Wildman–Crippen MR) is 117 cm³/mol. The minimum atomic E-state index is 0.293. The van der Waals surface area contributed by atoms with Crippen molar-refractivity contribution in [1.29, 1.82) is 5.26 Å². The van der Waals surface area contributed by atoms with Crippen LogP contribution in [0.3, 0.4) is 0 Å². The van der Waals surface area contributed by atoms with E-state index in [1.807, 2.05) is 12.3 Å². The van der Waals surface area contributed by atoms with Gasteiger partial charge in [0.25, 0.3) is 0 Å². The van der Waals surface area contributed by atoms with Crippen molar-refractivity contribution < 1.29 is 9.47 Å². The minimum absolute atomic E-state index is 0.293. The van der Waals surface area contributed by atoms with Crippen LogP contribution in [0, 0.1) is 11.3 Å². The van der Waals surface area contributed by atoms with Gasteiger partial charge in [0.05, 0.1) is 30.0 Å². The van der Waals surface area contributed by atoms with E-state index in [0.29, 0.717) is 55.0 Å². The number of hydrogen-bond donors (Lipinski definition) is 1. The first-order valence-electron chi connectivity index (χ1n) is 8.31. The quantitative estimate of drug-likeness (QED) is 0.378. The zero-order valence-corrected chi connectivity index (χ0v) is 18.1. The second-order valence-corrected chi connectivity index (χ2v) is 7.31. The monoisotopic (exact) mass is 446 g/mol. The Bertz CT molecular complexity index is 1100. The van der Waals surface area contributed by atoms with E-state index in [4.69, 9.17) is 32.7 Å². The summed E-state index contributed by atoms with van der Waals surface area (Å²) in [5.74, 6) is 1.50. The third kappa shape index (κ3) is 4.51. The summed E-state index contributed by atoms with van der Waals surface area (Å²) < 4.78 is 10.7. The minimum Gasteiger partial charge on any atom is -0.493 e. The second-order valence-electron chi connectivity index (χ2n) is 5.72. The van der Waals surface area contributed by atoms with Gasteiger partial charge in [-0.25, -0.2) is 9.97 Å². The van der Waals surface area contributed by atoms with Gasteiger partial charge in [0.1, 0.15) is 11.6 Å². The number of nitrogens with one attached hydrogen (secondary N) is 1. The number of halogens is 2. The van der Waals surface area contributed by atoms with Crippen LogP contribution >= 0.6 is 35.0 Å². The molecule has 6 nitrogen and oxygen atoms in total. The normalized spacial score (nSPS) is 10.3. The molecule has 29 heavy (non-hydrogen) atoms. The highest BCUT2D eigenvalue weighted by molar-refractivity contribution is 7.98. The van der Waals surface area contributed by atoms with E-state index in [1.165, 1.54) is 11.8 Å². The summed E-state index contributed by atoms with van der Waals surface area (Å²) >= 11 is 13.5. The number of nitriles is 1. The van der Waals surface area contributed by atoms with E-state index < -0.39 is 0 Å². The van der Waals surface area contributed by atoms with Gasteiger partial charge in [-0.15, -0.1) is 0 Å². The van der Waals surface area contributed by atoms with Crippen LogP contribution in [0.15, 0.2) is 41.6 Å².